The van der Waals surface area contributed by atoms with Crippen molar-refractivity contribution in [3.63, 3.8) is 0 Å². The van der Waals surface area contributed by atoms with Crippen LogP contribution >= 0.6 is 12.2 Å². The van der Waals surface area contributed by atoms with Crippen LogP contribution in [-0.4, -0.2) is 15.9 Å². The number of benzene rings is 2. The second-order valence-corrected chi connectivity index (χ2v) is 4.95. The predicted octanol–water partition coefficient (Wildman–Crippen LogP) is 3.90. The summed E-state index contributed by atoms with van der Waals surface area (Å²) < 4.78 is 39.8. The molecule has 0 spiro atoms. The molecule has 3 N–H and O–H groups in total. The van der Waals surface area contributed by atoms with Crippen LogP contribution in [0.3, 0.4) is 0 Å². The lowest BCUT2D eigenvalue weighted by Gasteiger charge is -2.07. The Bertz CT molecular complexity index is 948. The molecule has 3 aromatic rings. The second-order valence-electron chi connectivity index (χ2n) is 4.54. The van der Waals surface area contributed by atoms with Gasteiger partial charge in [-0.15, -0.1) is 0 Å². The minimum Gasteiger partial charge on any atom is -0.331 e. The number of carbonyl (C=O) groups is 1. The van der Waals surface area contributed by atoms with Crippen molar-refractivity contribution in [2.75, 3.05) is 5.32 Å². The van der Waals surface area contributed by atoms with Crippen LogP contribution in [-0.2, 0) is 0 Å². The first-order valence-corrected chi connectivity index (χ1v) is 6.53. The minimum atomic E-state index is -1.09. The smallest absolute Gasteiger partial charge is 0.257 e. The lowest BCUT2D eigenvalue weighted by Crippen LogP contribution is -2.13. The molecular formula is C14H8F3N3OS. The van der Waals surface area contributed by atoms with E-state index >= 15 is 0 Å². The molecule has 4 nitrogen and oxygen atoms in total. The van der Waals surface area contributed by atoms with Gasteiger partial charge in [0.1, 0.15) is 5.82 Å². The molecule has 0 fully saturated rings. The van der Waals surface area contributed by atoms with Gasteiger partial charge in [0.15, 0.2) is 16.4 Å². The Morgan fingerprint density at radius 2 is 1.82 bits per heavy atom. The second kappa shape index (κ2) is 5.30. The number of anilines is 1. The molecule has 112 valence electrons. The summed E-state index contributed by atoms with van der Waals surface area (Å²) in [6, 6.07) is 5.14. The Labute approximate surface area is 127 Å². The highest BCUT2D eigenvalue weighted by Gasteiger charge is 2.15. The maximum absolute atomic E-state index is 13.6. The zero-order valence-corrected chi connectivity index (χ0v) is 11.7. The summed E-state index contributed by atoms with van der Waals surface area (Å²) in [5.74, 6) is -3.43. The van der Waals surface area contributed by atoms with Crippen molar-refractivity contribution < 1.29 is 18.0 Å². The number of halogens is 3. The number of amides is 1. The van der Waals surface area contributed by atoms with Crippen LogP contribution in [0.25, 0.3) is 11.0 Å². The monoisotopic (exact) mass is 323 g/mol. The Hall–Kier alpha value is -2.61. The van der Waals surface area contributed by atoms with E-state index in [1.54, 1.807) is 0 Å². The molecule has 0 unspecified atom stereocenters. The van der Waals surface area contributed by atoms with Crippen molar-refractivity contribution in [3.05, 3.63) is 58.1 Å². The zero-order chi connectivity index (χ0) is 15.9. The average molecular weight is 323 g/mol. The summed E-state index contributed by atoms with van der Waals surface area (Å²) >= 11 is 4.91. The van der Waals surface area contributed by atoms with Gasteiger partial charge in [0.25, 0.3) is 5.91 Å². The standard InChI is InChI=1S/C14H8F3N3OS/c15-6-3-8(12-11(4-6)19-14(22)20-12)13(21)18-7-1-2-9(16)10(17)5-7/h1-5H,(H,18,21)(H2,19,20,22). The van der Waals surface area contributed by atoms with Gasteiger partial charge in [-0.1, -0.05) is 0 Å². The molecule has 1 amide bonds. The predicted molar refractivity (Wildman–Crippen MR) is 77.8 cm³/mol. The van der Waals surface area contributed by atoms with Crippen molar-refractivity contribution in [2.45, 2.75) is 0 Å². The topological polar surface area (TPSA) is 60.7 Å². The lowest BCUT2D eigenvalue weighted by molar-refractivity contribution is 0.102. The fourth-order valence-electron chi connectivity index (χ4n) is 2.06. The first-order chi connectivity index (χ1) is 10.4. The van der Waals surface area contributed by atoms with E-state index in [1.165, 1.54) is 12.1 Å². The normalized spacial score (nSPS) is 10.9. The van der Waals surface area contributed by atoms with Crippen molar-refractivity contribution in [1.82, 2.24) is 9.97 Å². The molecule has 0 aliphatic heterocycles. The Morgan fingerprint density at radius 1 is 1.05 bits per heavy atom. The molecule has 0 saturated heterocycles. The van der Waals surface area contributed by atoms with Gasteiger partial charge in [-0.05, 0) is 36.5 Å². The van der Waals surface area contributed by atoms with E-state index < -0.39 is 23.4 Å². The number of aromatic nitrogens is 2. The molecule has 0 atom stereocenters. The highest BCUT2D eigenvalue weighted by Crippen LogP contribution is 2.20. The average Bonchev–Trinajstić information content (AvgIpc) is 2.82. The Balaban J connectivity index is 2.01. The summed E-state index contributed by atoms with van der Waals surface area (Å²) in [4.78, 5) is 17.7. The van der Waals surface area contributed by atoms with Crippen LogP contribution in [0.4, 0.5) is 18.9 Å². The highest BCUT2D eigenvalue weighted by molar-refractivity contribution is 7.71. The molecule has 1 heterocycles. The number of nitrogens with one attached hydrogen (secondary N) is 3. The van der Waals surface area contributed by atoms with Gasteiger partial charge in [0, 0.05) is 11.8 Å². The molecule has 0 bridgehead atoms. The van der Waals surface area contributed by atoms with E-state index in [1.807, 2.05) is 0 Å². The number of hydrogen-bond donors (Lipinski definition) is 3. The number of carbonyl (C=O) groups excluding carboxylic acids is 1. The van der Waals surface area contributed by atoms with Gasteiger partial charge in [0.2, 0.25) is 0 Å². The molecule has 0 radical (unpaired) electrons. The van der Waals surface area contributed by atoms with Crippen molar-refractivity contribution in [3.8, 4) is 0 Å². The molecular weight excluding hydrogens is 315 g/mol. The Kier molecular flexibility index (Phi) is 3.45. The number of imidazole rings is 1. The first-order valence-electron chi connectivity index (χ1n) is 6.12. The number of H-pyrrole nitrogens is 2. The third-order valence-electron chi connectivity index (χ3n) is 3.01. The summed E-state index contributed by atoms with van der Waals surface area (Å²) in [6.45, 7) is 0. The quantitative estimate of drug-likeness (QED) is 0.627. The maximum Gasteiger partial charge on any atom is 0.257 e. The van der Waals surface area contributed by atoms with E-state index in [2.05, 4.69) is 15.3 Å². The fourth-order valence-corrected chi connectivity index (χ4v) is 2.27. The van der Waals surface area contributed by atoms with Gasteiger partial charge in [-0.2, -0.15) is 0 Å². The number of rotatable bonds is 2. The number of aromatic amines is 2. The number of hydrogen-bond acceptors (Lipinski definition) is 2. The fraction of sp³-hybridized carbons (Fsp3) is 0. The van der Waals surface area contributed by atoms with E-state index in [0.29, 0.717) is 11.0 Å². The summed E-state index contributed by atoms with van der Waals surface area (Å²) in [7, 11) is 0. The van der Waals surface area contributed by atoms with E-state index in [4.69, 9.17) is 12.2 Å². The first kappa shape index (κ1) is 14.3. The van der Waals surface area contributed by atoms with Crippen LogP contribution in [0, 0.1) is 22.2 Å². The van der Waals surface area contributed by atoms with Gasteiger partial charge in [0.05, 0.1) is 16.6 Å². The van der Waals surface area contributed by atoms with Gasteiger partial charge in [-0.3, -0.25) is 4.79 Å². The maximum atomic E-state index is 13.6. The molecule has 0 saturated carbocycles. The molecule has 22 heavy (non-hydrogen) atoms. The van der Waals surface area contributed by atoms with Gasteiger partial charge >= 0.3 is 0 Å². The van der Waals surface area contributed by atoms with Crippen LogP contribution in [0.2, 0.25) is 0 Å². The summed E-state index contributed by atoms with van der Waals surface area (Å²) in [5.41, 5.74) is 0.703. The third-order valence-corrected chi connectivity index (χ3v) is 3.22. The molecule has 0 aliphatic rings. The summed E-state index contributed by atoms with van der Waals surface area (Å²) in [6.07, 6.45) is 0. The van der Waals surface area contributed by atoms with Crippen molar-refractivity contribution >= 4 is 34.8 Å². The molecule has 2 aromatic carbocycles. The van der Waals surface area contributed by atoms with Crippen LogP contribution in [0.15, 0.2) is 30.3 Å². The third kappa shape index (κ3) is 2.60. The van der Waals surface area contributed by atoms with Crippen molar-refractivity contribution in [1.29, 1.82) is 0 Å². The summed E-state index contributed by atoms with van der Waals surface area (Å²) in [5, 5.41) is 2.37. The lowest BCUT2D eigenvalue weighted by atomic mass is 10.1. The SMILES string of the molecule is O=C(Nc1ccc(F)c(F)c1)c1cc(F)cc2[nH]c(=S)[nH]c12. The molecule has 3 rings (SSSR count). The van der Waals surface area contributed by atoms with E-state index in [-0.39, 0.29) is 16.0 Å². The largest absolute Gasteiger partial charge is 0.331 e. The van der Waals surface area contributed by atoms with Crippen LogP contribution < -0.4 is 5.32 Å². The van der Waals surface area contributed by atoms with Crippen LogP contribution in [0.5, 0.6) is 0 Å². The zero-order valence-electron chi connectivity index (χ0n) is 10.8. The molecule has 0 aliphatic carbocycles. The highest BCUT2D eigenvalue weighted by atomic mass is 32.1. The van der Waals surface area contributed by atoms with E-state index in [0.717, 1.165) is 18.2 Å². The molecule has 8 heteroatoms. The van der Waals surface area contributed by atoms with Gasteiger partial charge < -0.3 is 15.3 Å². The van der Waals surface area contributed by atoms with Crippen molar-refractivity contribution in [2.24, 2.45) is 0 Å². The number of fused-ring (bicyclic) bond motifs is 1. The van der Waals surface area contributed by atoms with E-state index in [9.17, 15) is 18.0 Å². The Morgan fingerprint density at radius 3 is 2.55 bits per heavy atom. The molecule has 1 aromatic heterocycles. The minimum absolute atomic E-state index is 0.00733. The van der Waals surface area contributed by atoms with Crippen LogP contribution in [0.1, 0.15) is 10.4 Å². The van der Waals surface area contributed by atoms with Gasteiger partial charge in [-0.25, -0.2) is 13.2 Å².